The summed E-state index contributed by atoms with van der Waals surface area (Å²) in [5, 5.41) is 11.2. The number of amides is 1. The summed E-state index contributed by atoms with van der Waals surface area (Å²) in [5.41, 5.74) is -0.860. The molecule has 1 aliphatic rings. The first kappa shape index (κ1) is 22.6. The van der Waals surface area contributed by atoms with E-state index in [-0.39, 0.29) is 17.3 Å². The van der Waals surface area contributed by atoms with E-state index in [1.807, 2.05) is 28.5 Å². The van der Waals surface area contributed by atoms with Crippen molar-refractivity contribution >= 4 is 17.4 Å². The van der Waals surface area contributed by atoms with E-state index in [0.717, 1.165) is 24.4 Å². The van der Waals surface area contributed by atoms with Gasteiger partial charge in [-0.25, -0.2) is 4.98 Å². The first-order chi connectivity index (χ1) is 15.8. The number of nitrogens with zero attached hydrogens (tertiary/aromatic N) is 5. The third-order valence-corrected chi connectivity index (χ3v) is 5.61. The highest BCUT2D eigenvalue weighted by molar-refractivity contribution is 5.94. The minimum atomic E-state index is -4.52. The van der Waals surface area contributed by atoms with Gasteiger partial charge in [0.2, 0.25) is 5.91 Å². The number of alkyl halides is 3. The number of benzene rings is 1. The first-order valence-electron chi connectivity index (χ1n) is 10.4. The average Bonchev–Trinajstić information content (AvgIpc) is 3.24. The van der Waals surface area contributed by atoms with Gasteiger partial charge in [0.05, 0.1) is 24.3 Å². The van der Waals surface area contributed by atoms with Crippen LogP contribution in [0.15, 0.2) is 42.7 Å². The number of anilines is 2. The highest BCUT2D eigenvalue weighted by atomic mass is 19.4. The molecule has 1 aliphatic heterocycles. The van der Waals surface area contributed by atoms with Gasteiger partial charge in [-0.3, -0.25) is 9.36 Å². The summed E-state index contributed by atoms with van der Waals surface area (Å²) in [4.78, 5) is 19.0. The monoisotopic (exact) mass is 460 g/mol. The largest absolute Gasteiger partial charge is 0.495 e. The van der Waals surface area contributed by atoms with Gasteiger partial charge in [-0.1, -0.05) is 0 Å². The number of halogens is 3. The number of methoxy groups -OCH3 is 1. The van der Waals surface area contributed by atoms with Gasteiger partial charge in [0.1, 0.15) is 11.6 Å². The van der Waals surface area contributed by atoms with Crippen molar-refractivity contribution in [3.05, 3.63) is 54.1 Å². The van der Waals surface area contributed by atoms with Crippen molar-refractivity contribution < 1.29 is 22.7 Å². The fourth-order valence-electron chi connectivity index (χ4n) is 3.85. The Kier molecular flexibility index (Phi) is 6.21. The van der Waals surface area contributed by atoms with Gasteiger partial charge < -0.3 is 15.0 Å². The fourth-order valence-corrected chi connectivity index (χ4v) is 3.85. The number of aromatic nitrogens is 4. The number of carbonyl (C=O) groups is 1. The molecule has 1 amide bonds. The molecule has 33 heavy (non-hydrogen) atoms. The molecule has 0 spiro atoms. The first-order valence-corrected chi connectivity index (χ1v) is 10.4. The van der Waals surface area contributed by atoms with E-state index in [1.54, 1.807) is 12.4 Å². The number of ether oxygens (including phenoxy) is 1. The highest BCUT2D eigenvalue weighted by Crippen LogP contribution is 2.35. The summed E-state index contributed by atoms with van der Waals surface area (Å²) in [5.74, 6) is 1.44. The van der Waals surface area contributed by atoms with Gasteiger partial charge in [-0.15, -0.1) is 10.2 Å². The van der Waals surface area contributed by atoms with Crippen molar-refractivity contribution in [1.29, 1.82) is 0 Å². The van der Waals surface area contributed by atoms with Gasteiger partial charge >= 0.3 is 6.18 Å². The SMILES string of the molecule is COc1ccc(C(F)(F)F)cc1NC(=O)C1CCCN(c2ccc(-n3ccnc3C)nn2)C1. The molecule has 11 heteroatoms. The normalized spacial score (nSPS) is 16.5. The van der Waals surface area contributed by atoms with Crippen LogP contribution in [0.25, 0.3) is 5.82 Å². The van der Waals surface area contributed by atoms with Crippen molar-refractivity contribution in [3.8, 4) is 11.6 Å². The number of hydrogen-bond acceptors (Lipinski definition) is 6. The smallest absolute Gasteiger partial charge is 0.416 e. The van der Waals surface area contributed by atoms with E-state index in [0.29, 0.717) is 31.1 Å². The molecule has 1 atom stereocenters. The molecule has 174 valence electrons. The number of imidazole rings is 1. The second-order valence-corrected chi connectivity index (χ2v) is 7.78. The lowest BCUT2D eigenvalue weighted by molar-refractivity contribution is -0.137. The van der Waals surface area contributed by atoms with Crippen molar-refractivity contribution in [2.24, 2.45) is 5.92 Å². The third-order valence-electron chi connectivity index (χ3n) is 5.61. The zero-order valence-corrected chi connectivity index (χ0v) is 18.1. The van der Waals surface area contributed by atoms with Gasteiger partial charge in [-0.2, -0.15) is 13.2 Å². The number of piperidine rings is 1. The van der Waals surface area contributed by atoms with E-state index < -0.39 is 17.7 Å². The quantitative estimate of drug-likeness (QED) is 0.623. The standard InChI is InChI=1S/C22H23F3N6O2/c1-14-26-9-11-31(14)20-8-7-19(28-29-20)30-10-3-4-15(13-30)21(32)27-17-12-16(22(23,24)25)5-6-18(17)33-2/h5-9,11-12,15H,3-4,10,13H2,1-2H3,(H,27,32). The van der Waals surface area contributed by atoms with Crippen LogP contribution in [0.4, 0.5) is 24.7 Å². The molecule has 0 radical (unpaired) electrons. The maximum atomic E-state index is 13.1. The molecule has 0 aliphatic carbocycles. The number of hydrogen-bond donors (Lipinski definition) is 1. The van der Waals surface area contributed by atoms with Crippen LogP contribution in [0, 0.1) is 12.8 Å². The van der Waals surface area contributed by atoms with Crippen LogP contribution in [0.2, 0.25) is 0 Å². The van der Waals surface area contributed by atoms with Gasteiger partial charge in [0.15, 0.2) is 11.6 Å². The Balaban J connectivity index is 1.46. The zero-order valence-electron chi connectivity index (χ0n) is 18.1. The van der Waals surface area contributed by atoms with Gasteiger partial charge in [-0.05, 0) is 50.1 Å². The summed E-state index contributed by atoms with van der Waals surface area (Å²) >= 11 is 0. The second-order valence-electron chi connectivity index (χ2n) is 7.78. The predicted molar refractivity (Wildman–Crippen MR) is 115 cm³/mol. The molecule has 3 heterocycles. The van der Waals surface area contributed by atoms with Gasteiger partial charge in [0, 0.05) is 25.5 Å². The van der Waals surface area contributed by atoms with Crippen LogP contribution in [0.3, 0.4) is 0 Å². The summed E-state index contributed by atoms with van der Waals surface area (Å²) < 4.78 is 46.2. The Labute approximate surface area is 188 Å². The summed E-state index contributed by atoms with van der Waals surface area (Å²) in [6, 6.07) is 6.67. The Morgan fingerprint density at radius 1 is 1.18 bits per heavy atom. The van der Waals surface area contributed by atoms with E-state index >= 15 is 0 Å². The number of nitrogens with one attached hydrogen (secondary N) is 1. The molecule has 0 bridgehead atoms. The van der Waals surface area contributed by atoms with Gasteiger partial charge in [0.25, 0.3) is 0 Å². The van der Waals surface area contributed by atoms with E-state index in [9.17, 15) is 18.0 Å². The summed E-state index contributed by atoms with van der Waals surface area (Å²) in [6.07, 6.45) is 0.305. The molecule has 1 unspecified atom stereocenters. The van der Waals surface area contributed by atoms with Crippen LogP contribution in [0.5, 0.6) is 5.75 Å². The molecular weight excluding hydrogens is 437 g/mol. The van der Waals surface area contributed by atoms with Crippen LogP contribution in [-0.4, -0.2) is 45.9 Å². The molecule has 4 rings (SSSR count). The summed E-state index contributed by atoms with van der Waals surface area (Å²) in [7, 11) is 1.34. The number of carbonyl (C=O) groups excluding carboxylic acids is 1. The Hall–Kier alpha value is -3.63. The zero-order chi connectivity index (χ0) is 23.6. The Morgan fingerprint density at radius 3 is 2.58 bits per heavy atom. The number of aryl methyl sites for hydroxylation is 1. The van der Waals surface area contributed by atoms with E-state index in [2.05, 4.69) is 20.5 Å². The van der Waals surface area contributed by atoms with Crippen molar-refractivity contribution in [1.82, 2.24) is 19.7 Å². The van der Waals surface area contributed by atoms with Crippen LogP contribution in [-0.2, 0) is 11.0 Å². The molecule has 1 aromatic carbocycles. The molecule has 8 nitrogen and oxygen atoms in total. The lowest BCUT2D eigenvalue weighted by Crippen LogP contribution is -2.41. The lowest BCUT2D eigenvalue weighted by atomic mass is 9.97. The molecule has 1 N–H and O–H groups in total. The van der Waals surface area contributed by atoms with Crippen molar-refractivity contribution in [2.75, 3.05) is 30.4 Å². The average molecular weight is 460 g/mol. The van der Waals surface area contributed by atoms with E-state index in [4.69, 9.17) is 4.74 Å². The lowest BCUT2D eigenvalue weighted by Gasteiger charge is -2.32. The Morgan fingerprint density at radius 2 is 1.94 bits per heavy atom. The van der Waals surface area contributed by atoms with Crippen LogP contribution in [0.1, 0.15) is 24.2 Å². The van der Waals surface area contributed by atoms with E-state index in [1.165, 1.54) is 13.2 Å². The fraction of sp³-hybridized carbons (Fsp3) is 0.364. The minimum Gasteiger partial charge on any atom is -0.495 e. The number of rotatable bonds is 5. The Bertz CT molecular complexity index is 1130. The third kappa shape index (κ3) is 4.91. The maximum Gasteiger partial charge on any atom is 0.416 e. The molecular formula is C22H23F3N6O2. The second kappa shape index (κ2) is 9.08. The molecule has 1 fully saturated rings. The molecule has 3 aromatic rings. The maximum absolute atomic E-state index is 13.1. The molecule has 2 aromatic heterocycles. The van der Waals surface area contributed by atoms with Crippen LogP contribution < -0.4 is 15.0 Å². The van der Waals surface area contributed by atoms with Crippen molar-refractivity contribution in [2.45, 2.75) is 25.9 Å². The van der Waals surface area contributed by atoms with Crippen molar-refractivity contribution in [3.63, 3.8) is 0 Å². The molecule has 1 saturated heterocycles. The predicted octanol–water partition coefficient (Wildman–Crippen LogP) is 3.85. The summed E-state index contributed by atoms with van der Waals surface area (Å²) in [6.45, 7) is 2.95. The minimum absolute atomic E-state index is 0.00528. The highest BCUT2D eigenvalue weighted by Gasteiger charge is 2.32. The molecule has 0 saturated carbocycles. The van der Waals surface area contributed by atoms with Crippen LogP contribution >= 0.6 is 0 Å². The topological polar surface area (TPSA) is 85.2 Å².